The number of nitrogens with zero attached hydrogens (tertiary/aromatic N) is 4. The first kappa shape index (κ1) is 28.5. The minimum atomic E-state index is 0.578. The molecule has 234 valence electrons. The van der Waals surface area contributed by atoms with Crippen molar-refractivity contribution in [3.05, 3.63) is 158 Å². The van der Waals surface area contributed by atoms with E-state index in [-0.39, 0.29) is 0 Å². The van der Waals surface area contributed by atoms with Gasteiger partial charge in [-0.3, -0.25) is 4.98 Å². The summed E-state index contributed by atoms with van der Waals surface area (Å²) < 4.78 is 8.80. The molecule has 0 spiro atoms. The number of pyridine rings is 1. The lowest BCUT2D eigenvalue weighted by Crippen LogP contribution is -2.01. The van der Waals surface area contributed by atoms with Crippen molar-refractivity contribution in [2.24, 2.45) is 0 Å². The Morgan fingerprint density at radius 2 is 1.08 bits per heavy atom. The fourth-order valence-corrected chi connectivity index (χ4v) is 7.96. The van der Waals surface area contributed by atoms with Gasteiger partial charge in [0.2, 0.25) is 0 Å². The monoisotopic (exact) mass is 658 g/mol. The van der Waals surface area contributed by atoms with E-state index in [4.69, 9.17) is 24.4 Å². The van der Waals surface area contributed by atoms with Gasteiger partial charge in [0.05, 0.1) is 5.69 Å². The second-order valence-corrected chi connectivity index (χ2v) is 13.3. The van der Waals surface area contributed by atoms with Crippen molar-refractivity contribution in [3.63, 3.8) is 0 Å². The van der Waals surface area contributed by atoms with Crippen LogP contribution in [-0.2, 0) is 0 Å². The highest BCUT2D eigenvalue weighted by atomic mass is 32.1. The van der Waals surface area contributed by atoms with Gasteiger partial charge in [-0.1, -0.05) is 115 Å². The second kappa shape index (κ2) is 11.6. The van der Waals surface area contributed by atoms with Crippen LogP contribution in [-0.4, -0.2) is 19.9 Å². The maximum Gasteiger partial charge on any atom is 0.164 e. The Balaban J connectivity index is 1.16. The van der Waals surface area contributed by atoms with E-state index in [0.29, 0.717) is 17.5 Å². The number of furan rings is 1. The normalized spacial score (nSPS) is 11.6. The molecule has 6 aromatic carbocycles. The summed E-state index contributed by atoms with van der Waals surface area (Å²) >= 11 is 1.78. The summed E-state index contributed by atoms with van der Waals surface area (Å²) in [5, 5.41) is 4.50. The predicted molar refractivity (Wildman–Crippen MR) is 205 cm³/mol. The molecule has 0 bridgehead atoms. The van der Waals surface area contributed by atoms with Crippen molar-refractivity contribution in [2.75, 3.05) is 0 Å². The van der Waals surface area contributed by atoms with Gasteiger partial charge in [0.25, 0.3) is 0 Å². The molecule has 0 atom stereocenters. The number of fused-ring (bicyclic) bond motifs is 6. The van der Waals surface area contributed by atoms with Crippen LogP contribution < -0.4 is 0 Å². The zero-order chi connectivity index (χ0) is 33.0. The van der Waals surface area contributed by atoms with Crippen LogP contribution in [0.3, 0.4) is 0 Å². The lowest BCUT2D eigenvalue weighted by molar-refractivity contribution is 0.670. The third kappa shape index (κ3) is 4.77. The molecule has 0 N–H and O–H groups in total. The molecule has 4 heterocycles. The van der Waals surface area contributed by atoms with Crippen LogP contribution in [0, 0.1) is 0 Å². The maximum absolute atomic E-state index is 6.37. The Labute approximate surface area is 291 Å². The van der Waals surface area contributed by atoms with Crippen LogP contribution in [0.25, 0.3) is 98.7 Å². The van der Waals surface area contributed by atoms with Crippen molar-refractivity contribution in [1.29, 1.82) is 0 Å². The van der Waals surface area contributed by atoms with Gasteiger partial charge in [0.1, 0.15) is 11.2 Å². The summed E-state index contributed by atoms with van der Waals surface area (Å²) in [7, 11) is 0. The van der Waals surface area contributed by atoms with E-state index in [0.717, 1.165) is 66.4 Å². The van der Waals surface area contributed by atoms with E-state index in [1.54, 1.807) is 11.3 Å². The minimum absolute atomic E-state index is 0.578. The standard InChI is InChI=1S/C44H26N4OS/c1-2-10-27(11-3-1)28-20-22-29(23-21-28)42-46-43(48-44(47-42)35-16-9-19-39-40(35)34-13-5-7-18-38(34)50-39)30-24-25-45-36(26-30)33-15-8-14-32-31-12-4-6-17-37(31)49-41(32)33/h1-26H. The summed E-state index contributed by atoms with van der Waals surface area (Å²) in [6, 6.07) is 52.0. The van der Waals surface area contributed by atoms with Crippen LogP contribution in [0.5, 0.6) is 0 Å². The van der Waals surface area contributed by atoms with Gasteiger partial charge in [-0.15, -0.1) is 11.3 Å². The van der Waals surface area contributed by atoms with Crippen LogP contribution in [0.2, 0.25) is 0 Å². The third-order valence-corrected chi connectivity index (χ3v) is 10.4. The average Bonchev–Trinajstić information content (AvgIpc) is 3.77. The molecular weight excluding hydrogens is 633 g/mol. The Morgan fingerprint density at radius 3 is 1.96 bits per heavy atom. The van der Waals surface area contributed by atoms with E-state index < -0.39 is 0 Å². The molecular formula is C44H26N4OS. The molecule has 6 heteroatoms. The predicted octanol–water partition coefficient (Wildman–Crippen LogP) is 11.9. The second-order valence-electron chi connectivity index (χ2n) is 12.2. The maximum atomic E-state index is 6.37. The first-order valence-electron chi connectivity index (χ1n) is 16.5. The van der Waals surface area contributed by atoms with E-state index in [2.05, 4.69) is 115 Å². The van der Waals surface area contributed by atoms with Gasteiger partial charge in [-0.05, 0) is 47.5 Å². The molecule has 4 aromatic heterocycles. The molecule has 0 fully saturated rings. The summed E-state index contributed by atoms with van der Waals surface area (Å²) in [6.45, 7) is 0. The van der Waals surface area contributed by atoms with Crippen LogP contribution in [0.15, 0.2) is 162 Å². The largest absolute Gasteiger partial charge is 0.455 e. The van der Waals surface area contributed by atoms with Crippen molar-refractivity contribution in [3.8, 4) is 56.5 Å². The molecule has 0 aliphatic rings. The smallest absolute Gasteiger partial charge is 0.164 e. The fourth-order valence-electron chi connectivity index (χ4n) is 6.82. The Hall–Kier alpha value is -6.50. The Kier molecular flexibility index (Phi) is 6.60. The van der Waals surface area contributed by atoms with Crippen molar-refractivity contribution < 1.29 is 4.42 Å². The zero-order valence-corrected chi connectivity index (χ0v) is 27.4. The SMILES string of the molecule is c1ccc(-c2ccc(-c3nc(-c4ccnc(-c5cccc6c5oc5ccccc56)c4)nc(-c4cccc5sc6ccccc6c45)n3)cc2)cc1. The number of thiophene rings is 1. The Bertz CT molecular complexity index is 2870. The number of hydrogen-bond donors (Lipinski definition) is 0. The van der Waals surface area contributed by atoms with Gasteiger partial charge < -0.3 is 4.42 Å². The van der Waals surface area contributed by atoms with Gasteiger partial charge in [-0.25, -0.2) is 15.0 Å². The highest BCUT2D eigenvalue weighted by Crippen LogP contribution is 2.40. The molecule has 0 unspecified atom stereocenters. The van der Waals surface area contributed by atoms with Crippen LogP contribution in [0.1, 0.15) is 0 Å². The summed E-state index contributed by atoms with van der Waals surface area (Å²) in [4.78, 5) is 20.2. The number of benzene rings is 6. The molecule has 10 rings (SSSR count). The van der Waals surface area contributed by atoms with Crippen molar-refractivity contribution in [2.45, 2.75) is 0 Å². The van der Waals surface area contributed by atoms with Crippen LogP contribution >= 0.6 is 11.3 Å². The fraction of sp³-hybridized carbons (Fsp3) is 0. The molecule has 10 aromatic rings. The number of aromatic nitrogens is 4. The quantitative estimate of drug-likeness (QED) is 0.184. The van der Waals surface area contributed by atoms with Gasteiger partial charge in [0.15, 0.2) is 17.5 Å². The van der Waals surface area contributed by atoms with E-state index in [1.807, 2.05) is 42.6 Å². The molecule has 0 saturated carbocycles. The first-order valence-corrected chi connectivity index (χ1v) is 17.3. The first-order chi connectivity index (χ1) is 24.8. The van der Waals surface area contributed by atoms with Crippen LogP contribution in [0.4, 0.5) is 0 Å². The van der Waals surface area contributed by atoms with E-state index in [9.17, 15) is 0 Å². The van der Waals surface area contributed by atoms with Crippen molar-refractivity contribution >= 4 is 53.4 Å². The molecule has 5 nitrogen and oxygen atoms in total. The van der Waals surface area contributed by atoms with E-state index in [1.165, 1.54) is 14.8 Å². The number of para-hydroxylation sites is 2. The topological polar surface area (TPSA) is 64.7 Å². The average molecular weight is 659 g/mol. The number of hydrogen-bond acceptors (Lipinski definition) is 6. The zero-order valence-electron chi connectivity index (χ0n) is 26.6. The Morgan fingerprint density at radius 1 is 0.440 bits per heavy atom. The third-order valence-electron chi connectivity index (χ3n) is 9.23. The van der Waals surface area contributed by atoms with Crippen molar-refractivity contribution in [1.82, 2.24) is 19.9 Å². The molecule has 0 aliphatic heterocycles. The summed E-state index contributed by atoms with van der Waals surface area (Å²) in [5.74, 6) is 1.82. The molecule has 0 saturated heterocycles. The number of rotatable bonds is 5. The molecule has 0 aliphatic carbocycles. The van der Waals surface area contributed by atoms with Gasteiger partial charge in [0, 0.05) is 59.4 Å². The molecule has 50 heavy (non-hydrogen) atoms. The molecule has 0 radical (unpaired) electrons. The van der Waals surface area contributed by atoms with Gasteiger partial charge in [-0.2, -0.15) is 0 Å². The minimum Gasteiger partial charge on any atom is -0.455 e. The summed E-state index contributed by atoms with van der Waals surface area (Å²) in [5.41, 5.74) is 8.40. The van der Waals surface area contributed by atoms with E-state index >= 15 is 0 Å². The molecule has 0 amide bonds. The highest BCUT2D eigenvalue weighted by molar-refractivity contribution is 7.25. The highest BCUT2D eigenvalue weighted by Gasteiger charge is 2.18. The lowest BCUT2D eigenvalue weighted by Gasteiger charge is -2.11. The lowest BCUT2D eigenvalue weighted by atomic mass is 10.0. The van der Waals surface area contributed by atoms with Gasteiger partial charge >= 0.3 is 0 Å². The summed E-state index contributed by atoms with van der Waals surface area (Å²) in [6.07, 6.45) is 1.82.